The Morgan fingerprint density at radius 3 is 2.79 bits per heavy atom. The molecule has 6 heteroatoms. The highest BCUT2D eigenvalue weighted by Gasteiger charge is 2.13. The third kappa shape index (κ3) is 3.06. The maximum Gasteiger partial charge on any atom is 0.259 e. The Balaban J connectivity index is 2.18. The van der Waals surface area contributed by atoms with Crippen molar-refractivity contribution in [1.82, 2.24) is 10.2 Å². The van der Waals surface area contributed by atoms with Crippen molar-refractivity contribution < 1.29 is 4.79 Å². The van der Waals surface area contributed by atoms with Gasteiger partial charge in [0, 0.05) is 22.5 Å². The van der Waals surface area contributed by atoms with Crippen LogP contribution < -0.4 is 11.1 Å². The number of hydrogen-bond donors (Lipinski definition) is 3. The minimum atomic E-state index is -0.332. The van der Waals surface area contributed by atoms with Crippen molar-refractivity contribution in [2.24, 2.45) is 0 Å². The molecular weight excluding hydrogens is 264 g/mol. The van der Waals surface area contributed by atoms with Gasteiger partial charge in [0.15, 0.2) is 5.82 Å². The van der Waals surface area contributed by atoms with Crippen LogP contribution in [0.15, 0.2) is 24.3 Å². The molecule has 0 fully saturated rings. The summed E-state index contributed by atoms with van der Waals surface area (Å²) in [6.07, 6.45) is 0. The van der Waals surface area contributed by atoms with Crippen molar-refractivity contribution in [3.63, 3.8) is 0 Å². The second-order valence-electron chi connectivity index (χ2n) is 4.55. The quantitative estimate of drug-likeness (QED) is 0.755. The van der Waals surface area contributed by atoms with Crippen molar-refractivity contribution in [3.05, 3.63) is 40.5 Å². The molecule has 0 atom stereocenters. The molecule has 1 amide bonds. The van der Waals surface area contributed by atoms with Gasteiger partial charge in [-0.05, 0) is 24.1 Å². The number of nitrogens with zero attached hydrogens (tertiary/aromatic N) is 1. The fraction of sp³-hybridized carbons (Fsp3) is 0.231. The zero-order valence-corrected chi connectivity index (χ0v) is 11.5. The van der Waals surface area contributed by atoms with Crippen LogP contribution in [0.5, 0.6) is 0 Å². The molecule has 5 nitrogen and oxygen atoms in total. The number of nitrogens with one attached hydrogen (secondary N) is 2. The number of nitrogen functional groups attached to an aromatic ring is 1. The molecule has 4 N–H and O–H groups in total. The zero-order chi connectivity index (χ0) is 14.0. The SMILES string of the molecule is CC(C)c1cc(NC(=O)c2cc(Cl)ccc2N)n[nH]1. The Morgan fingerprint density at radius 1 is 1.42 bits per heavy atom. The number of H-pyrrole nitrogens is 1. The van der Waals surface area contributed by atoms with Gasteiger partial charge >= 0.3 is 0 Å². The van der Waals surface area contributed by atoms with E-state index < -0.39 is 0 Å². The van der Waals surface area contributed by atoms with Crippen LogP contribution in [0.1, 0.15) is 35.8 Å². The van der Waals surface area contributed by atoms with Crippen LogP contribution >= 0.6 is 11.6 Å². The van der Waals surface area contributed by atoms with E-state index >= 15 is 0 Å². The van der Waals surface area contributed by atoms with Gasteiger partial charge in [-0.15, -0.1) is 0 Å². The molecule has 0 saturated carbocycles. The number of carbonyl (C=O) groups is 1. The minimum Gasteiger partial charge on any atom is -0.398 e. The van der Waals surface area contributed by atoms with E-state index in [1.807, 2.05) is 13.8 Å². The van der Waals surface area contributed by atoms with E-state index in [0.29, 0.717) is 28.0 Å². The molecule has 19 heavy (non-hydrogen) atoms. The number of carbonyl (C=O) groups excluding carboxylic acids is 1. The number of aromatic amines is 1. The van der Waals surface area contributed by atoms with Gasteiger partial charge in [0.05, 0.1) is 5.56 Å². The van der Waals surface area contributed by atoms with Gasteiger partial charge in [-0.1, -0.05) is 25.4 Å². The molecular formula is C13H15ClN4O. The average molecular weight is 279 g/mol. The summed E-state index contributed by atoms with van der Waals surface area (Å²) in [6.45, 7) is 4.07. The molecule has 2 rings (SSSR count). The molecule has 1 heterocycles. The molecule has 0 unspecified atom stereocenters. The lowest BCUT2D eigenvalue weighted by molar-refractivity contribution is 0.102. The zero-order valence-electron chi connectivity index (χ0n) is 10.7. The smallest absolute Gasteiger partial charge is 0.259 e. The first kappa shape index (κ1) is 13.4. The molecule has 0 aliphatic carbocycles. The topological polar surface area (TPSA) is 83.8 Å². The summed E-state index contributed by atoms with van der Waals surface area (Å²) in [5.41, 5.74) is 7.41. The number of anilines is 2. The molecule has 0 spiro atoms. The molecule has 100 valence electrons. The van der Waals surface area contributed by atoms with Gasteiger partial charge in [-0.25, -0.2) is 0 Å². The van der Waals surface area contributed by atoms with Gasteiger partial charge in [-0.2, -0.15) is 5.10 Å². The molecule has 1 aromatic heterocycles. The van der Waals surface area contributed by atoms with Crippen LogP contribution in [0, 0.1) is 0 Å². The van der Waals surface area contributed by atoms with Crippen molar-refractivity contribution >= 4 is 29.0 Å². The van der Waals surface area contributed by atoms with E-state index in [1.54, 1.807) is 18.2 Å². The van der Waals surface area contributed by atoms with E-state index in [4.69, 9.17) is 17.3 Å². The monoisotopic (exact) mass is 278 g/mol. The predicted octanol–water partition coefficient (Wildman–Crippen LogP) is 3.02. The highest BCUT2D eigenvalue weighted by molar-refractivity contribution is 6.31. The highest BCUT2D eigenvalue weighted by atomic mass is 35.5. The number of benzene rings is 1. The van der Waals surface area contributed by atoms with Crippen LogP contribution in [-0.4, -0.2) is 16.1 Å². The summed E-state index contributed by atoms with van der Waals surface area (Å²) in [7, 11) is 0. The van der Waals surface area contributed by atoms with Gasteiger partial charge in [-0.3, -0.25) is 9.89 Å². The van der Waals surface area contributed by atoms with Crippen LogP contribution in [-0.2, 0) is 0 Å². The normalized spacial score (nSPS) is 10.7. The van der Waals surface area contributed by atoms with Crippen LogP contribution in [0.4, 0.5) is 11.5 Å². The van der Waals surface area contributed by atoms with Crippen molar-refractivity contribution in [3.8, 4) is 0 Å². The lowest BCUT2D eigenvalue weighted by atomic mass is 10.1. The average Bonchev–Trinajstić information content (AvgIpc) is 2.80. The first-order valence-corrected chi connectivity index (χ1v) is 6.27. The largest absolute Gasteiger partial charge is 0.398 e. The number of rotatable bonds is 3. The Hall–Kier alpha value is -2.01. The van der Waals surface area contributed by atoms with E-state index in [-0.39, 0.29) is 5.91 Å². The Labute approximate surface area is 116 Å². The Bertz CT molecular complexity index is 606. The minimum absolute atomic E-state index is 0.314. The van der Waals surface area contributed by atoms with E-state index in [1.165, 1.54) is 6.07 Å². The van der Waals surface area contributed by atoms with Gasteiger partial charge in [0.2, 0.25) is 0 Å². The number of aromatic nitrogens is 2. The summed E-state index contributed by atoms with van der Waals surface area (Å²) in [6, 6.07) is 6.56. The molecule has 0 aliphatic rings. The number of nitrogens with two attached hydrogens (primary N) is 1. The molecule has 0 bridgehead atoms. The number of amides is 1. The first-order chi connectivity index (χ1) is 8.97. The van der Waals surface area contributed by atoms with Crippen molar-refractivity contribution in [1.29, 1.82) is 0 Å². The predicted molar refractivity (Wildman–Crippen MR) is 76.5 cm³/mol. The summed E-state index contributed by atoms with van der Waals surface area (Å²) >= 11 is 5.85. The maximum atomic E-state index is 12.1. The van der Waals surface area contributed by atoms with Crippen molar-refractivity contribution in [2.45, 2.75) is 19.8 Å². The Kier molecular flexibility index (Phi) is 3.76. The van der Waals surface area contributed by atoms with E-state index in [0.717, 1.165) is 5.69 Å². The molecule has 0 saturated heterocycles. The third-order valence-electron chi connectivity index (χ3n) is 2.72. The molecule has 2 aromatic rings. The van der Waals surface area contributed by atoms with Crippen molar-refractivity contribution in [2.75, 3.05) is 11.1 Å². The standard InChI is InChI=1S/C13H15ClN4O/c1-7(2)11-6-12(18-17-11)16-13(19)9-5-8(14)3-4-10(9)15/h3-7H,15H2,1-2H3,(H2,16,17,18,19). The lowest BCUT2D eigenvalue weighted by Crippen LogP contribution is -2.14. The van der Waals surface area contributed by atoms with Gasteiger partial charge < -0.3 is 11.1 Å². The molecule has 0 aliphatic heterocycles. The van der Waals surface area contributed by atoms with E-state index in [9.17, 15) is 4.79 Å². The lowest BCUT2D eigenvalue weighted by Gasteiger charge is -2.05. The fourth-order valence-electron chi connectivity index (χ4n) is 1.61. The van der Waals surface area contributed by atoms with Crippen LogP contribution in [0.2, 0.25) is 5.02 Å². The van der Waals surface area contributed by atoms with Gasteiger partial charge in [0.1, 0.15) is 0 Å². The summed E-state index contributed by atoms with van der Waals surface area (Å²) in [4.78, 5) is 12.1. The maximum absolute atomic E-state index is 12.1. The number of halogens is 1. The van der Waals surface area contributed by atoms with Gasteiger partial charge in [0.25, 0.3) is 5.91 Å². The second-order valence-corrected chi connectivity index (χ2v) is 4.99. The summed E-state index contributed by atoms with van der Waals surface area (Å²) < 4.78 is 0. The summed E-state index contributed by atoms with van der Waals surface area (Å²) in [5.74, 6) is 0.448. The van der Waals surface area contributed by atoms with Crippen LogP contribution in [0.25, 0.3) is 0 Å². The first-order valence-electron chi connectivity index (χ1n) is 5.89. The summed E-state index contributed by atoms with van der Waals surface area (Å²) in [5, 5.41) is 10.0. The number of hydrogen-bond acceptors (Lipinski definition) is 3. The second kappa shape index (κ2) is 5.32. The Morgan fingerprint density at radius 2 is 2.16 bits per heavy atom. The van der Waals surface area contributed by atoms with Crippen LogP contribution in [0.3, 0.4) is 0 Å². The molecule has 0 radical (unpaired) electrons. The molecule has 1 aromatic carbocycles. The van der Waals surface area contributed by atoms with E-state index in [2.05, 4.69) is 15.5 Å². The third-order valence-corrected chi connectivity index (χ3v) is 2.96. The highest BCUT2D eigenvalue weighted by Crippen LogP contribution is 2.20. The fourth-order valence-corrected chi connectivity index (χ4v) is 1.78.